The van der Waals surface area contributed by atoms with Gasteiger partial charge in [0.05, 0.1) is 11.3 Å². The molecule has 0 aromatic heterocycles. The molecule has 1 fully saturated rings. The molecule has 4 nitrogen and oxygen atoms in total. The van der Waals surface area contributed by atoms with Crippen LogP contribution in [0.1, 0.15) is 11.1 Å². The largest absolute Gasteiger partial charge is 0.285 e. The second-order valence-electron chi connectivity index (χ2n) is 5.65. The minimum absolute atomic E-state index is 0.158. The summed E-state index contributed by atoms with van der Waals surface area (Å²) in [6.45, 7) is 0. The number of thioether (sulfide) groups is 1. The Morgan fingerprint density at radius 2 is 1.74 bits per heavy atom. The molecule has 0 bridgehead atoms. The summed E-state index contributed by atoms with van der Waals surface area (Å²) in [5, 5.41) is 1.49. The normalized spacial score (nSPS) is 16.1. The third kappa shape index (κ3) is 5.29. The van der Waals surface area contributed by atoms with Gasteiger partial charge in [-0.1, -0.05) is 84.0 Å². The molecule has 2 aromatic carbocycles. The zero-order valence-corrected chi connectivity index (χ0v) is 16.5. The number of allylic oxidation sites excluding steroid dienone is 2. The van der Waals surface area contributed by atoms with Crippen molar-refractivity contribution in [2.24, 2.45) is 0 Å². The van der Waals surface area contributed by atoms with E-state index in [1.165, 1.54) is 0 Å². The topological polar surface area (TPSA) is 49.4 Å². The Bertz CT molecular complexity index is 928. The smallest absolute Gasteiger partial charge is 0.273 e. The van der Waals surface area contributed by atoms with Gasteiger partial charge in [0, 0.05) is 5.03 Å². The van der Waals surface area contributed by atoms with Crippen LogP contribution in [-0.2, 0) is 16.0 Å². The lowest BCUT2D eigenvalue weighted by Gasteiger charge is -2.15. The average Bonchev–Trinajstić information content (AvgIpc) is 2.90. The Morgan fingerprint density at radius 3 is 2.41 bits per heavy atom. The van der Waals surface area contributed by atoms with E-state index in [1.807, 2.05) is 60.7 Å². The van der Waals surface area contributed by atoms with Crippen LogP contribution in [-0.4, -0.2) is 21.1 Å². The van der Waals surface area contributed by atoms with Crippen LogP contribution in [0.15, 0.2) is 76.7 Å². The fourth-order valence-electron chi connectivity index (χ4n) is 2.38. The Kier molecular flexibility index (Phi) is 6.45. The average molecular weight is 415 g/mol. The van der Waals surface area contributed by atoms with Crippen LogP contribution in [0.25, 0.3) is 6.08 Å². The van der Waals surface area contributed by atoms with Crippen molar-refractivity contribution in [3.8, 4) is 0 Å². The lowest BCUT2D eigenvalue weighted by atomic mass is 10.1. The summed E-state index contributed by atoms with van der Waals surface area (Å²) in [7, 11) is 0. The molecule has 0 atom stereocenters. The number of benzene rings is 2. The number of amides is 2. The molecule has 1 heterocycles. The molecule has 2 amide bonds. The Balaban J connectivity index is 1.67. The van der Waals surface area contributed by atoms with Crippen LogP contribution >= 0.6 is 35.6 Å². The van der Waals surface area contributed by atoms with Crippen LogP contribution in [0.4, 0.5) is 0 Å². The molecule has 1 saturated heterocycles. The third-order valence-corrected chi connectivity index (χ3v) is 5.13. The molecule has 2 aromatic rings. The zero-order chi connectivity index (χ0) is 19.2. The van der Waals surface area contributed by atoms with Gasteiger partial charge in [-0.05, 0) is 35.5 Å². The zero-order valence-electron chi connectivity index (χ0n) is 14.1. The van der Waals surface area contributed by atoms with Gasteiger partial charge < -0.3 is 0 Å². The number of thiocarbonyl (C=S) groups is 1. The minimum Gasteiger partial charge on any atom is -0.273 e. The molecule has 0 aliphatic carbocycles. The predicted octanol–water partition coefficient (Wildman–Crippen LogP) is 4.28. The number of carbonyl (C=O) groups is 2. The van der Waals surface area contributed by atoms with Crippen LogP contribution in [0.3, 0.4) is 0 Å². The van der Waals surface area contributed by atoms with E-state index in [-0.39, 0.29) is 16.6 Å². The minimum atomic E-state index is -0.397. The molecule has 0 spiro atoms. The van der Waals surface area contributed by atoms with Crippen LogP contribution in [0.5, 0.6) is 0 Å². The van der Waals surface area contributed by atoms with Crippen molar-refractivity contribution in [3.05, 3.63) is 87.8 Å². The first-order chi connectivity index (χ1) is 13.0. The molecule has 27 heavy (non-hydrogen) atoms. The maximum atomic E-state index is 12.5. The van der Waals surface area contributed by atoms with Crippen molar-refractivity contribution in [1.29, 1.82) is 0 Å². The monoisotopic (exact) mass is 414 g/mol. The molecule has 0 unspecified atom stereocenters. The van der Waals surface area contributed by atoms with Crippen molar-refractivity contribution in [2.45, 2.75) is 6.42 Å². The molecule has 0 saturated carbocycles. The first-order valence-electron chi connectivity index (χ1n) is 8.06. The Labute approximate surface area is 171 Å². The van der Waals surface area contributed by atoms with Gasteiger partial charge >= 0.3 is 0 Å². The summed E-state index contributed by atoms with van der Waals surface area (Å²) in [6, 6.07) is 18.8. The number of hydrogen-bond acceptors (Lipinski definition) is 4. The number of carbonyl (C=O) groups excluding carboxylic acids is 2. The number of rotatable bonds is 5. The summed E-state index contributed by atoms with van der Waals surface area (Å²) in [6.07, 6.45) is 3.46. The molecule has 3 rings (SSSR count). The molecule has 136 valence electrons. The van der Waals surface area contributed by atoms with Crippen molar-refractivity contribution >= 4 is 57.8 Å². The number of halogens is 1. The van der Waals surface area contributed by atoms with E-state index in [9.17, 15) is 9.59 Å². The number of hydrogen-bond donors (Lipinski definition) is 1. The number of nitrogens with one attached hydrogen (secondary N) is 1. The Morgan fingerprint density at radius 1 is 1.11 bits per heavy atom. The van der Waals surface area contributed by atoms with Crippen LogP contribution in [0.2, 0.25) is 0 Å². The quantitative estimate of drug-likeness (QED) is 0.586. The summed E-state index contributed by atoms with van der Waals surface area (Å²) in [4.78, 5) is 25.1. The fourth-order valence-corrected chi connectivity index (χ4v) is 3.86. The summed E-state index contributed by atoms with van der Waals surface area (Å²) >= 11 is 12.5. The van der Waals surface area contributed by atoms with Gasteiger partial charge in [0.1, 0.15) is 0 Å². The highest BCUT2D eigenvalue weighted by atomic mass is 35.5. The van der Waals surface area contributed by atoms with Crippen LogP contribution < -0.4 is 5.43 Å². The van der Waals surface area contributed by atoms with Crippen LogP contribution in [0, 0.1) is 0 Å². The van der Waals surface area contributed by atoms with Gasteiger partial charge in [0.15, 0.2) is 4.32 Å². The number of hydrazine groups is 1. The lowest BCUT2D eigenvalue weighted by Crippen LogP contribution is -2.45. The van der Waals surface area contributed by atoms with E-state index in [0.717, 1.165) is 27.9 Å². The van der Waals surface area contributed by atoms with E-state index < -0.39 is 5.91 Å². The summed E-state index contributed by atoms with van der Waals surface area (Å²) < 4.78 is 0.261. The van der Waals surface area contributed by atoms with Gasteiger partial charge in [-0.15, -0.1) is 0 Å². The molecule has 0 radical (unpaired) electrons. The SMILES string of the molecule is O=C(Cc1ccccc1)NN1C(=O)/C(=C/C(Cl)=C/c2ccccc2)SC1=S. The highest BCUT2D eigenvalue weighted by molar-refractivity contribution is 8.26. The highest BCUT2D eigenvalue weighted by Gasteiger charge is 2.33. The van der Waals surface area contributed by atoms with Crippen molar-refractivity contribution in [1.82, 2.24) is 10.4 Å². The fraction of sp³-hybridized carbons (Fsp3) is 0.0500. The number of nitrogens with zero attached hydrogens (tertiary/aromatic N) is 1. The third-order valence-electron chi connectivity index (χ3n) is 3.61. The maximum Gasteiger partial charge on any atom is 0.285 e. The highest BCUT2D eigenvalue weighted by Crippen LogP contribution is 2.31. The van der Waals surface area contributed by atoms with E-state index in [2.05, 4.69) is 5.43 Å². The Hall–Kier alpha value is -2.41. The molecule has 1 aliphatic heterocycles. The molecule has 1 aliphatic rings. The predicted molar refractivity (Wildman–Crippen MR) is 114 cm³/mol. The lowest BCUT2D eigenvalue weighted by molar-refractivity contribution is -0.132. The van der Waals surface area contributed by atoms with Crippen molar-refractivity contribution < 1.29 is 9.59 Å². The van der Waals surface area contributed by atoms with E-state index in [4.69, 9.17) is 23.8 Å². The first-order valence-corrected chi connectivity index (χ1v) is 9.67. The summed E-state index contributed by atoms with van der Waals surface area (Å²) in [5.74, 6) is -0.712. The maximum absolute atomic E-state index is 12.5. The van der Waals surface area contributed by atoms with Gasteiger partial charge in [0.2, 0.25) is 5.91 Å². The van der Waals surface area contributed by atoms with Crippen molar-refractivity contribution in [3.63, 3.8) is 0 Å². The van der Waals surface area contributed by atoms with E-state index in [1.54, 1.807) is 12.2 Å². The first kappa shape index (κ1) is 19.4. The van der Waals surface area contributed by atoms with Gasteiger partial charge in [-0.2, -0.15) is 5.01 Å². The molecular formula is C20H15ClN2O2S2. The standard InChI is InChI=1S/C20H15ClN2O2S2/c21-16(11-14-7-3-1-4-8-14)13-17-19(25)23(20(26)27-17)22-18(24)12-15-9-5-2-6-10-15/h1-11,13H,12H2,(H,22,24)/b16-11-,17-13-. The van der Waals surface area contributed by atoms with E-state index in [0.29, 0.717) is 9.94 Å². The van der Waals surface area contributed by atoms with Gasteiger partial charge in [-0.3, -0.25) is 15.0 Å². The second-order valence-corrected chi connectivity index (χ2v) is 7.77. The van der Waals surface area contributed by atoms with Gasteiger partial charge in [-0.25, -0.2) is 0 Å². The van der Waals surface area contributed by atoms with E-state index >= 15 is 0 Å². The van der Waals surface area contributed by atoms with Gasteiger partial charge in [0.25, 0.3) is 5.91 Å². The summed E-state index contributed by atoms with van der Waals surface area (Å²) in [5.41, 5.74) is 4.33. The van der Waals surface area contributed by atoms with Crippen molar-refractivity contribution in [2.75, 3.05) is 0 Å². The molecular weight excluding hydrogens is 400 g/mol. The molecule has 1 N–H and O–H groups in total. The molecule has 7 heteroatoms. The second kappa shape index (κ2) is 8.99.